The van der Waals surface area contributed by atoms with Crippen molar-refractivity contribution in [3.8, 4) is 0 Å². The number of aromatic nitrogens is 1. The molecule has 2 amide bonds. The minimum Gasteiger partial charge on any atom is -0.469 e. The highest BCUT2D eigenvalue weighted by Crippen LogP contribution is 2.23. The summed E-state index contributed by atoms with van der Waals surface area (Å²) in [6.45, 7) is 3.68. The van der Waals surface area contributed by atoms with Crippen LogP contribution in [0.15, 0.2) is 52.6 Å². The maximum atomic E-state index is 12.6. The van der Waals surface area contributed by atoms with Crippen LogP contribution in [0.5, 0.6) is 0 Å². The number of benzene rings is 1. The Kier molecular flexibility index (Phi) is 5.18. The lowest BCUT2D eigenvalue weighted by atomic mass is 10.1. The first-order valence-corrected chi connectivity index (χ1v) is 8.97. The van der Waals surface area contributed by atoms with Gasteiger partial charge < -0.3 is 14.6 Å². The number of carbonyl (C=O) groups is 2. The second-order valence-corrected chi connectivity index (χ2v) is 6.81. The number of nitrogens with one attached hydrogen (secondary N) is 1. The van der Waals surface area contributed by atoms with Crippen LogP contribution in [0, 0.1) is 6.92 Å². The third kappa shape index (κ3) is 3.67. The molecule has 134 valence electrons. The summed E-state index contributed by atoms with van der Waals surface area (Å²) in [5, 5.41) is 5.57. The zero-order valence-corrected chi connectivity index (χ0v) is 15.5. The molecule has 6 nitrogen and oxygen atoms in total. The average molecular weight is 369 g/mol. The zero-order valence-electron chi connectivity index (χ0n) is 14.7. The fourth-order valence-corrected chi connectivity index (χ4v) is 3.24. The van der Waals surface area contributed by atoms with Crippen LogP contribution in [-0.4, -0.2) is 28.7 Å². The molecule has 0 saturated carbocycles. The van der Waals surface area contributed by atoms with Crippen LogP contribution in [0.25, 0.3) is 0 Å². The molecule has 0 aliphatic rings. The van der Waals surface area contributed by atoms with Crippen LogP contribution in [-0.2, 0) is 0 Å². The van der Waals surface area contributed by atoms with Gasteiger partial charge in [0.05, 0.1) is 17.9 Å². The molecule has 2 heterocycles. The number of nitrogens with zero attached hydrogens (tertiary/aromatic N) is 2. The van der Waals surface area contributed by atoms with Crippen LogP contribution in [0.3, 0.4) is 0 Å². The van der Waals surface area contributed by atoms with E-state index in [0.29, 0.717) is 22.6 Å². The molecule has 1 N–H and O–H groups in total. The van der Waals surface area contributed by atoms with E-state index in [9.17, 15) is 9.59 Å². The van der Waals surface area contributed by atoms with E-state index in [2.05, 4.69) is 10.3 Å². The van der Waals surface area contributed by atoms with E-state index < -0.39 is 0 Å². The molecule has 26 heavy (non-hydrogen) atoms. The third-order valence-electron chi connectivity index (χ3n) is 4.20. The summed E-state index contributed by atoms with van der Waals surface area (Å²) in [7, 11) is 1.76. The van der Waals surface area contributed by atoms with E-state index >= 15 is 0 Å². The topological polar surface area (TPSA) is 75.4 Å². The van der Waals surface area contributed by atoms with Crippen molar-refractivity contribution in [2.45, 2.75) is 19.9 Å². The lowest BCUT2D eigenvalue weighted by molar-refractivity contribution is 0.0742. The molecular weight excluding hydrogens is 350 g/mol. The average Bonchev–Trinajstić information content (AvgIpc) is 3.32. The highest BCUT2D eigenvalue weighted by atomic mass is 32.1. The van der Waals surface area contributed by atoms with Crippen molar-refractivity contribution >= 4 is 28.8 Å². The summed E-state index contributed by atoms with van der Waals surface area (Å²) in [5.41, 5.74) is 1.65. The van der Waals surface area contributed by atoms with Crippen LogP contribution in [0.1, 0.15) is 44.4 Å². The first-order valence-electron chi connectivity index (χ1n) is 8.09. The monoisotopic (exact) mass is 369 g/mol. The van der Waals surface area contributed by atoms with Gasteiger partial charge in [-0.15, -0.1) is 11.3 Å². The van der Waals surface area contributed by atoms with E-state index in [1.807, 2.05) is 12.3 Å². The lowest BCUT2D eigenvalue weighted by Crippen LogP contribution is -2.29. The Bertz CT molecular complexity index is 901. The van der Waals surface area contributed by atoms with Gasteiger partial charge in [-0.3, -0.25) is 9.59 Å². The minimum absolute atomic E-state index is 0.101. The summed E-state index contributed by atoms with van der Waals surface area (Å²) in [4.78, 5) is 30.8. The molecule has 1 aromatic carbocycles. The Morgan fingerprint density at radius 3 is 2.54 bits per heavy atom. The van der Waals surface area contributed by atoms with Crippen molar-refractivity contribution in [2.24, 2.45) is 0 Å². The van der Waals surface area contributed by atoms with Gasteiger partial charge in [-0.2, -0.15) is 0 Å². The second-order valence-electron chi connectivity index (χ2n) is 5.88. The first-order chi connectivity index (χ1) is 12.5. The SMILES string of the molecule is Cc1occc1C(=O)Nc1ccc(C(=O)N(C)[C@@H](C)c2nccs2)cc1. The van der Waals surface area contributed by atoms with Crippen LogP contribution in [0.2, 0.25) is 0 Å². The van der Waals surface area contributed by atoms with Gasteiger partial charge in [-0.25, -0.2) is 4.98 Å². The molecule has 0 radical (unpaired) electrons. The van der Waals surface area contributed by atoms with Gasteiger partial charge in [0, 0.05) is 29.9 Å². The molecule has 3 aromatic rings. The van der Waals surface area contributed by atoms with Crippen molar-refractivity contribution in [1.82, 2.24) is 9.88 Å². The fourth-order valence-electron chi connectivity index (χ4n) is 2.50. The van der Waals surface area contributed by atoms with E-state index in [4.69, 9.17) is 4.42 Å². The van der Waals surface area contributed by atoms with Gasteiger partial charge in [0.25, 0.3) is 11.8 Å². The minimum atomic E-state index is -0.246. The summed E-state index contributed by atoms with van der Waals surface area (Å²) >= 11 is 1.52. The number of anilines is 1. The van der Waals surface area contributed by atoms with Crippen molar-refractivity contribution in [3.63, 3.8) is 0 Å². The number of amides is 2. The molecule has 0 saturated heterocycles. The smallest absolute Gasteiger partial charge is 0.259 e. The molecule has 0 aliphatic carbocycles. The maximum absolute atomic E-state index is 12.6. The summed E-state index contributed by atoms with van der Waals surface area (Å²) in [5.74, 6) is 0.216. The summed E-state index contributed by atoms with van der Waals surface area (Å²) < 4.78 is 5.14. The Hall–Kier alpha value is -2.93. The number of hydrogen-bond acceptors (Lipinski definition) is 5. The second kappa shape index (κ2) is 7.53. The summed E-state index contributed by atoms with van der Waals surface area (Å²) in [6, 6.07) is 8.34. The highest BCUT2D eigenvalue weighted by molar-refractivity contribution is 7.09. The quantitative estimate of drug-likeness (QED) is 0.734. The Balaban J connectivity index is 1.68. The van der Waals surface area contributed by atoms with Gasteiger partial charge in [-0.05, 0) is 44.2 Å². The maximum Gasteiger partial charge on any atom is 0.259 e. The van der Waals surface area contributed by atoms with E-state index in [-0.39, 0.29) is 17.9 Å². The molecule has 2 aromatic heterocycles. The first kappa shape index (κ1) is 17.9. The van der Waals surface area contributed by atoms with Gasteiger partial charge in [0.2, 0.25) is 0 Å². The Morgan fingerprint density at radius 2 is 1.96 bits per heavy atom. The fraction of sp³-hybridized carbons (Fsp3) is 0.211. The molecular formula is C19H19N3O3S. The molecule has 0 spiro atoms. The number of hydrogen-bond donors (Lipinski definition) is 1. The van der Waals surface area contributed by atoms with Crippen molar-refractivity contribution in [3.05, 3.63) is 70.1 Å². The van der Waals surface area contributed by atoms with Gasteiger partial charge in [-0.1, -0.05) is 0 Å². The van der Waals surface area contributed by atoms with Crippen molar-refractivity contribution in [2.75, 3.05) is 12.4 Å². The normalized spacial score (nSPS) is 11.8. The van der Waals surface area contributed by atoms with Crippen LogP contribution >= 0.6 is 11.3 Å². The van der Waals surface area contributed by atoms with Crippen molar-refractivity contribution in [1.29, 1.82) is 0 Å². The lowest BCUT2D eigenvalue weighted by Gasteiger charge is -2.23. The van der Waals surface area contributed by atoms with E-state index in [1.54, 1.807) is 55.4 Å². The van der Waals surface area contributed by atoms with Crippen LogP contribution in [0.4, 0.5) is 5.69 Å². The Labute approximate surface area is 155 Å². The van der Waals surface area contributed by atoms with E-state index in [0.717, 1.165) is 5.01 Å². The third-order valence-corrected chi connectivity index (χ3v) is 5.15. The largest absolute Gasteiger partial charge is 0.469 e. The highest BCUT2D eigenvalue weighted by Gasteiger charge is 2.20. The molecule has 0 unspecified atom stereocenters. The predicted molar refractivity (Wildman–Crippen MR) is 100 cm³/mol. The standard InChI is InChI=1S/C19H19N3O3S/c1-12(18-20-9-11-26-18)22(3)19(24)14-4-6-15(7-5-14)21-17(23)16-8-10-25-13(16)2/h4-12H,1-3H3,(H,21,23)/t12-/m0/s1. The molecule has 0 fully saturated rings. The molecule has 1 atom stereocenters. The molecule has 0 bridgehead atoms. The van der Waals surface area contributed by atoms with Crippen molar-refractivity contribution < 1.29 is 14.0 Å². The van der Waals surface area contributed by atoms with Gasteiger partial charge in [0.1, 0.15) is 10.8 Å². The van der Waals surface area contributed by atoms with Gasteiger partial charge >= 0.3 is 0 Å². The van der Waals surface area contributed by atoms with Gasteiger partial charge in [0.15, 0.2) is 0 Å². The number of rotatable bonds is 5. The Morgan fingerprint density at radius 1 is 1.23 bits per heavy atom. The molecule has 0 aliphatic heterocycles. The predicted octanol–water partition coefficient (Wildman–Crippen LogP) is 4.13. The zero-order chi connectivity index (χ0) is 18.7. The number of carbonyl (C=O) groups excluding carboxylic acids is 2. The molecule has 7 heteroatoms. The number of thiazole rings is 1. The number of aryl methyl sites for hydroxylation is 1. The summed E-state index contributed by atoms with van der Waals surface area (Å²) in [6.07, 6.45) is 3.21. The molecule has 3 rings (SSSR count). The number of furan rings is 1. The van der Waals surface area contributed by atoms with E-state index in [1.165, 1.54) is 17.6 Å². The van der Waals surface area contributed by atoms with Crippen LogP contribution < -0.4 is 5.32 Å².